The quantitative estimate of drug-likeness (QED) is 0.0494. The van der Waals surface area contributed by atoms with Gasteiger partial charge in [0.25, 0.3) is 0 Å². The number of Topliss-reactive ketones (excluding diaryl/α,β-unsaturated/α-hetero) is 1. The van der Waals surface area contributed by atoms with Crippen LogP contribution in [-0.2, 0) is 32.0 Å². The standard InChI is InChI=1S/C46H56N4O10S/c1-27-41-40(28(2)51)45(55)50(41)42(46(56)57)43(27)61-34-25-35(48-26-34)44(54)49-32-14-9-13-31(24-32)36(52)16-5-6-17-39(53)47-20-21-60-33-15-8-12-29(22-33)10-7-11-30-18-19-37(58-3)38(23-30)59-4/h8-9,12-15,18-19,22-24,27-28,34-35,40-41,48,51H,5-7,10-11,16-17,20-21,25-26H2,1-4H3,(H,47,53)(H,49,54)(H,56,57). The number of aliphatic carboxylic acids is 1. The van der Waals surface area contributed by atoms with E-state index in [2.05, 4.69) is 28.1 Å². The molecule has 3 aliphatic heterocycles. The predicted molar refractivity (Wildman–Crippen MR) is 232 cm³/mol. The number of aliphatic hydroxyl groups is 1. The Morgan fingerprint density at radius 3 is 2.41 bits per heavy atom. The summed E-state index contributed by atoms with van der Waals surface area (Å²) in [5, 5.41) is 29.0. The van der Waals surface area contributed by atoms with Crippen molar-refractivity contribution in [2.75, 3.05) is 39.2 Å². The molecule has 15 heteroatoms. The van der Waals surface area contributed by atoms with E-state index >= 15 is 0 Å². The highest BCUT2D eigenvalue weighted by Crippen LogP contribution is 2.52. The van der Waals surface area contributed by atoms with E-state index in [0.29, 0.717) is 67.3 Å². The van der Waals surface area contributed by atoms with E-state index in [0.717, 1.165) is 30.8 Å². The van der Waals surface area contributed by atoms with Crippen LogP contribution in [0.5, 0.6) is 17.2 Å². The normalized spacial score (nSPS) is 21.0. The lowest BCUT2D eigenvalue weighted by Crippen LogP contribution is -2.63. The molecule has 326 valence electrons. The fraction of sp³-hybridized carbons (Fsp3) is 0.457. The number of methoxy groups -OCH3 is 2. The highest BCUT2D eigenvalue weighted by molar-refractivity contribution is 8.03. The van der Waals surface area contributed by atoms with Gasteiger partial charge < -0.3 is 45.3 Å². The van der Waals surface area contributed by atoms with Crippen molar-refractivity contribution in [2.45, 2.75) is 88.7 Å². The number of ketones is 1. The van der Waals surface area contributed by atoms with Crippen LogP contribution in [0.4, 0.5) is 5.69 Å². The maximum absolute atomic E-state index is 13.2. The van der Waals surface area contributed by atoms with Crippen LogP contribution in [0.2, 0.25) is 0 Å². The van der Waals surface area contributed by atoms with Crippen LogP contribution >= 0.6 is 11.8 Å². The summed E-state index contributed by atoms with van der Waals surface area (Å²) in [7, 11) is 3.26. The Morgan fingerprint density at radius 2 is 1.67 bits per heavy atom. The van der Waals surface area contributed by atoms with E-state index in [-0.39, 0.29) is 46.8 Å². The molecular weight excluding hydrogens is 801 g/mol. The summed E-state index contributed by atoms with van der Waals surface area (Å²) >= 11 is 1.38. The largest absolute Gasteiger partial charge is 0.493 e. The van der Waals surface area contributed by atoms with Crippen LogP contribution in [0.25, 0.3) is 0 Å². The molecule has 3 heterocycles. The molecule has 61 heavy (non-hydrogen) atoms. The van der Waals surface area contributed by atoms with Crippen molar-refractivity contribution in [1.29, 1.82) is 0 Å². The Bertz CT molecular complexity index is 2120. The molecule has 0 spiro atoms. The Balaban J connectivity index is 0.859. The number of aliphatic hydroxyl groups excluding tert-OH is 1. The zero-order valence-corrected chi connectivity index (χ0v) is 35.9. The average Bonchev–Trinajstić information content (AvgIpc) is 3.81. The highest BCUT2D eigenvalue weighted by Gasteiger charge is 2.60. The molecule has 6 rings (SSSR count). The van der Waals surface area contributed by atoms with Gasteiger partial charge in [-0.3, -0.25) is 19.2 Å². The number of carbonyl (C=O) groups is 5. The molecule has 0 aromatic heterocycles. The third-order valence-electron chi connectivity index (χ3n) is 11.5. The van der Waals surface area contributed by atoms with Gasteiger partial charge in [0.05, 0.1) is 44.9 Å². The Hall–Kier alpha value is -5.38. The summed E-state index contributed by atoms with van der Waals surface area (Å²) in [5.74, 6) is -0.711. The van der Waals surface area contributed by atoms with Crippen molar-refractivity contribution in [3.63, 3.8) is 0 Å². The van der Waals surface area contributed by atoms with Crippen LogP contribution in [0.3, 0.4) is 0 Å². The molecule has 0 bridgehead atoms. The van der Waals surface area contributed by atoms with Crippen molar-refractivity contribution in [3.05, 3.63) is 94.0 Å². The van der Waals surface area contributed by atoms with Gasteiger partial charge in [0.15, 0.2) is 17.3 Å². The fourth-order valence-corrected chi connectivity index (χ4v) is 9.82. The van der Waals surface area contributed by atoms with E-state index in [9.17, 15) is 34.2 Å². The number of anilines is 1. The first-order valence-corrected chi connectivity index (χ1v) is 21.8. The third kappa shape index (κ3) is 11.1. The molecule has 0 radical (unpaired) electrons. The van der Waals surface area contributed by atoms with E-state index in [4.69, 9.17) is 14.2 Å². The number of β-lactam (4-membered cyclic amide) rings is 1. The molecule has 3 aromatic rings. The molecule has 14 nitrogen and oxygen atoms in total. The lowest BCUT2D eigenvalue weighted by molar-refractivity contribution is -0.163. The lowest BCUT2D eigenvalue weighted by atomic mass is 9.79. The minimum Gasteiger partial charge on any atom is -0.493 e. The van der Waals surface area contributed by atoms with Gasteiger partial charge in [-0.15, -0.1) is 11.8 Å². The van der Waals surface area contributed by atoms with Gasteiger partial charge >= 0.3 is 5.97 Å². The molecule has 6 atom stereocenters. The molecular formula is C46H56N4O10S. The van der Waals surface area contributed by atoms with Crippen molar-refractivity contribution < 1.29 is 48.4 Å². The Kier molecular flexibility index (Phi) is 15.5. The number of ether oxygens (including phenoxy) is 3. The molecule has 3 amide bonds. The first kappa shape index (κ1) is 45.2. The predicted octanol–water partition coefficient (Wildman–Crippen LogP) is 5.37. The second-order valence-corrected chi connectivity index (χ2v) is 17.1. The first-order valence-electron chi connectivity index (χ1n) is 20.9. The molecule has 3 aromatic carbocycles. The first-order chi connectivity index (χ1) is 29.4. The number of nitrogens with one attached hydrogen (secondary N) is 3. The van der Waals surface area contributed by atoms with Crippen molar-refractivity contribution in [2.24, 2.45) is 11.8 Å². The molecule has 2 saturated heterocycles. The maximum Gasteiger partial charge on any atom is 0.353 e. The second kappa shape index (κ2) is 20.9. The fourth-order valence-electron chi connectivity index (χ4n) is 8.34. The molecule has 2 fully saturated rings. The Labute approximate surface area is 360 Å². The number of rotatable bonds is 22. The number of carbonyl (C=O) groups excluding carboxylic acids is 4. The molecule has 5 N–H and O–H groups in total. The SMILES string of the molecule is COc1ccc(CCCc2cccc(OCCNC(=O)CCCCC(=O)c3cccc(NC(=O)C4CC(SC5=C(C(=O)O)N6C(=O)C(C(C)O)C6C5C)CN4)c3)c2)cc1OC. The van der Waals surface area contributed by atoms with E-state index in [1.807, 2.05) is 37.3 Å². The summed E-state index contributed by atoms with van der Waals surface area (Å²) in [6.07, 6.45) is 3.96. The van der Waals surface area contributed by atoms with Gasteiger partial charge in [0.1, 0.15) is 18.1 Å². The zero-order chi connectivity index (χ0) is 43.6. The van der Waals surface area contributed by atoms with Gasteiger partial charge in [-0.05, 0) is 93.0 Å². The number of benzene rings is 3. The van der Waals surface area contributed by atoms with Gasteiger partial charge in [-0.1, -0.05) is 37.3 Å². The number of thioether (sulfide) groups is 1. The second-order valence-electron chi connectivity index (χ2n) is 15.8. The number of hydrogen-bond donors (Lipinski definition) is 5. The summed E-state index contributed by atoms with van der Waals surface area (Å²) in [6, 6.07) is 19.8. The highest BCUT2D eigenvalue weighted by atomic mass is 32.2. The van der Waals surface area contributed by atoms with Gasteiger partial charge in [0.2, 0.25) is 17.7 Å². The Morgan fingerprint density at radius 1 is 0.934 bits per heavy atom. The van der Waals surface area contributed by atoms with Crippen LogP contribution in [0, 0.1) is 11.8 Å². The number of amides is 3. The molecule has 0 saturated carbocycles. The van der Waals surface area contributed by atoms with E-state index in [1.165, 1.54) is 27.8 Å². The topological polar surface area (TPSA) is 193 Å². The third-order valence-corrected chi connectivity index (χ3v) is 13.0. The van der Waals surface area contributed by atoms with Gasteiger partial charge in [0, 0.05) is 46.7 Å². The molecule has 6 unspecified atom stereocenters. The number of carboxylic acid groups (broad SMARTS) is 1. The maximum atomic E-state index is 13.2. The smallest absolute Gasteiger partial charge is 0.353 e. The minimum atomic E-state index is -1.18. The number of hydrogen-bond acceptors (Lipinski definition) is 11. The van der Waals surface area contributed by atoms with Crippen LogP contribution < -0.4 is 30.2 Å². The number of nitrogens with zero attached hydrogens (tertiary/aromatic N) is 1. The van der Waals surface area contributed by atoms with E-state index < -0.39 is 30.1 Å². The van der Waals surface area contributed by atoms with Gasteiger partial charge in [-0.2, -0.15) is 0 Å². The molecule has 0 aliphatic carbocycles. The summed E-state index contributed by atoms with van der Waals surface area (Å²) in [6.45, 7) is 4.59. The van der Waals surface area contributed by atoms with Crippen molar-refractivity contribution in [3.8, 4) is 17.2 Å². The van der Waals surface area contributed by atoms with Crippen molar-refractivity contribution >= 4 is 46.9 Å². The summed E-state index contributed by atoms with van der Waals surface area (Å²) in [5.41, 5.74) is 3.27. The molecule has 3 aliphatic rings. The number of unbranched alkanes of at least 4 members (excludes halogenated alkanes) is 1. The van der Waals surface area contributed by atoms with Crippen molar-refractivity contribution in [1.82, 2.24) is 15.5 Å². The zero-order valence-electron chi connectivity index (χ0n) is 35.1. The lowest BCUT2D eigenvalue weighted by Gasteiger charge is -2.46. The van der Waals surface area contributed by atoms with Crippen LogP contribution in [0.15, 0.2) is 77.3 Å². The van der Waals surface area contributed by atoms with Crippen LogP contribution in [0.1, 0.15) is 73.9 Å². The van der Waals surface area contributed by atoms with Gasteiger partial charge in [-0.25, -0.2) is 4.79 Å². The number of aryl methyl sites for hydroxylation is 2. The average molecular weight is 857 g/mol. The number of carboxylic acids is 1. The summed E-state index contributed by atoms with van der Waals surface area (Å²) < 4.78 is 16.6. The van der Waals surface area contributed by atoms with Crippen LogP contribution in [-0.4, -0.2) is 102 Å². The number of fused-ring (bicyclic) bond motifs is 1. The monoisotopic (exact) mass is 856 g/mol. The summed E-state index contributed by atoms with van der Waals surface area (Å²) in [4.78, 5) is 65.5. The minimum absolute atomic E-state index is 0.0304. The van der Waals surface area contributed by atoms with E-state index in [1.54, 1.807) is 45.4 Å².